The summed E-state index contributed by atoms with van der Waals surface area (Å²) in [6.07, 6.45) is 1.76. The van der Waals surface area contributed by atoms with Crippen LogP contribution >= 0.6 is 10.7 Å². The van der Waals surface area contributed by atoms with Crippen LogP contribution in [0, 0.1) is 6.92 Å². The van der Waals surface area contributed by atoms with Crippen LogP contribution in [0.1, 0.15) is 5.56 Å². The molecule has 0 atom stereocenters. The number of fused-ring (bicyclic) bond motifs is 1. The van der Waals surface area contributed by atoms with Crippen LogP contribution in [0.25, 0.3) is 10.9 Å². The molecule has 1 N–H and O–H groups in total. The molecular formula is C9H8ClNO2S. The van der Waals surface area contributed by atoms with E-state index in [0.29, 0.717) is 5.52 Å². The Balaban J connectivity index is 2.92. The van der Waals surface area contributed by atoms with Crippen molar-refractivity contribution in [2.75, 3.05) is 0 Å². The summed E-state index contributed by atoms with van der Waals surface area (Å²) in [6.45, 7) is 1.91. The lowest BCUT2D eigenvalue weighted by Gasteiger charge is -1.98. The van der Waals surface area contributed by atoms with Crippen molar-refractivity contribution < 1.29 is 8.42 Å². The third-order valence-electron chi connectivity index (χ3n) is 2.15. The lowest BCUT2D eigenvalue weighted by molar-refractivity contribution is 0.610. The lowest BCUT2D eigenvalue weighted by atomic mass is 10.2. The smallest absolute Gasteiger partial charge is 0.263 e. The quantitative estimate of drug-likeness (QED) is 0.764. The van der Waals surface area contributed by atoms with Crippen molar-refractivity contribution in [2.24, 2.45) is 0 Å². The number of aromatic amines is 1. The van der Waals surface area contributed by atoms with Gasteiger partial charge in [-0.2, -0.15) is 0 Å². The Bertz CT molecular complexity index is 586. The Morgan fingerprint density at radius 3 is 2.71 bits per heavy atom. The molecule has 0 aliphatic heterocycles. The predicted octanol–water partition coefficient (Wildman–Crippen LogP) is 2.40. The Hall–Kier alpha value is -1.00. The number of aryl methyl sites for hydroxylation is 1. The number of halogens is 1. The molecule has 0 amide bonds. The van der Waals surface area contributed by atoms with Gasteiger partial charge in [0.1, 0.15) is 4.90 Å². The van der Waals surface area contributed by atoms with Crippen molar-refractivity contribution in [2.45, 2.75) is 11.8 Å². The normalized spacial score (nSPS) is 12.1. The topological polar surface area (TPSA) is 49.9 Å². The van der Waals surface area contributed by atoms with Gasteiger partial charge in [0.15, 0.2) is 0 Å². The van der Waals surface area contributed by atoms with Crippen LogP contribution in [0.3, 0.4) is 0 Å². The summed E-state index contributed by atoms with van der Waals surface area (Å²) in [7, 11) is 1.62. The van der Waals surface area contributed by atoms with Gasteiger partial charge in [0, 0.05) is 22.3 Å². The average molecular weight is 230 g/mol. The maximum absolute atomic E-state index is 11.2. The molecule has 0 saturated heterocycles. The van der Waals surface area contributed by atoms with E-state index in [4.69, 9.17) is 10.7 Å². The predicted molar refractivity (Wildman–Crippen MR) is 56.1 cm³/mol. The molecule has 0 radical (unpaired) electrons. The second-order valence-electron chi connectivity index (χ2n) is 3.09. The molecular weight excluding hydrogens is 222 g/mol. The van der Waals surface area contributed by atoms with Crippen molar-refractivity contribution in [1.82, 2.24) is 4.98 Å². The first-order chi connectivity index (χ1) is 6.50. The number of nitrogens with one attached hydrogen (secondary N) is 1. The van der Waals surface area contributed by atoms with Gasteiger partial charge in [-0.1, -0.05) is 12.1 Å². The molecule has 1 aromatic carbocycles. The molecule has 1 aromatic heterocycles. The van der Waals surface area contributed by atoms with Crippen LogP contribution in [-0.2, 0) is 9.05 Å². The zero-order chi connectivity index (χ0) is 10.3. The molecule has 14 heavy (non-hydrogen) atoms. The zero-order valence-corrected chi connectivity index (χ0v) is 8.98. The highest BCUT2D eigenvalue weighted by Gasteiger charge is 2.15. The lowest BCUT2D eigenvalue weighted by Crippen LogP contribution is -1.91. The van der Waals surface area contributed by atoms with Crippen LogP contribution in [0.2, 0.25) is 0 Å². The Morgan fingerprint density at radius 1 is 1.36 bits per heavy atom. The highest BCUT2D eigenvalue weighted by Crippen LogP contribution is 2.26. The molecule has 0 unspecified atom stereocenters. The van der Waals surface area contributed by atoms with E-state index in [0.717, 1.165) is 10.9 Å². The first-order valence-electron chi connectivity index (χ1n) is 4.01. The molecule has 5 heteroatoms. The Labute approximate surface area is 86.1 Å². The van der Waals surface area contributed by atoms with Crippen LogP contribution < -0.4 is 0 Å². The standard InChI is InChI=1S/C9H8ClNO2S/c1-6-5-11-9-7(6)3-2-4-8(9)14(10,12)13/h2-5,11H,1H3. The third-order valence-corrected chi connectivity index (χ3v) is 3.51. The number of aromatic nitrogens is 1. The molecule has 2 rings (SSSR count). The minimum absolute atomic E-state index is 0.129. The van der Waals surface area contributed by atoms with Crippen LogP contribution in [0.5, 0.6) is 0 Å². The van der Waals surface area contributed by atoms with E-state index in [1.54, 1.807) is 12.3 Å². The van der Waals surface area contributed by atoms with E-state index < -0.39 is 9.05 Å². The van der Waals surface area contributed by atoms with E-state index in [-0.39, 0.29) is 4.90 Å². The largest absolute Gasteiger partial charge is 0.360 e. The zero-order valence-electron chi connectivity index (χ0n) is 7.41. The number of hydrogen-bond acceptors (Lipinski definition) is 2. The third kappa shape index (κ3) is 1.40. The van der Waals surface area contributed by atoms with Crippen molar-refractivity contribution in [3.63, 3.8) is 0 Å². The van der Waals surface area contributed by atoms with Crippen molar-refractivity contribution in [3.8, 4) is 0 Å². The van der Waals surface area contributed by atoms with Crippen molar-refractivity contribution in [1.29, 1.82) is 0 Å². The summed E-state index contributed by atoms with van der Waals surface area (Å²) in [5.74, 6) is 0. The summed E-state index contributed by atoms with van der Waals surface area (Å²) < 4.78 is 22.4. The van der Waals surface area contributed by atoms with Gasteiger partial charge in [-0.3, -0.25) is 0 Å². The highest BCUT2D eigenvalue weighted by atomic mass is 35.7. The van der Waals surface area contributed by atoms with Gasteiger partial charge in [-0.25, -0.2) is 8.42 Å². The molecule has 1 heterocycles. The maximum Gasteiger partial charge on any atom is 0.263 e. The van der Waals surface area contributed by atoms with Crippen LogP contribution in [0.15, 0.2) is 29.3 Å². The maximum atomic E-state index is 11.2. The Morgan fingerprint density at radius 2 is 2.07 bits per heavy atom. The molecule has 3 nitrogen and oxygen atoms in total. The summed E-state index contributed by atoms with van der Waals surface area (Å²) in [4.78, 5) is 3.03. The molecule has 0 saturated carbocycles. The van der Waals surface area contributed by atoms with Gasteiger partial charge in [-0.15, -0.1) is 0 Å². The average Bonchev–Trinajstić information content (AvgIpc) is 2.46. The number of benzene rings is 1. The van der Waals surface area contributed by atoms with Gasteiger partial charge in [-0.05, 0) is 18.6 Å². The summed E-state index contributed by atoms with van der Waals surface area (Å²) >= 11 is 0. The van der Waals surface area contributed by atoms with E-state index >= 15 is 0 Å². The van der Waals surface area contributed by atoms with Crippen molar-refractivity contribution >= 4 is 30.6 Å². The van der Waals surface area contributed by atoms with E-state index in [9.17, 15) is 8.42 Å². The number of rotatable bonds is 1. The van der Waals surface area contributed by atoms with E-state index in [1.165, 1.54) is 6.07 Å². The molecule has 0 bridgehead atoms. The van der Waals surface area contributed by atoms with Gasteiger partial charge in [0.2, 0.25) is 0 Å². The monoisotopic (exact) mass is 229 g/mol. The summed E-state index contributed by atoms with van der Waals surface area (Å²) in [5.41, 5.74) is 1.57. The van der Waals surface area contributed by atoms with Crippen LogP contribution in [-0.4, -0.2) is 13.4 Å². The fourth-order valence-corrected chi connectivity index (χ4v) is 2.51. The molecule has 74 valence electrons. The van der Waals surface area contributed by atoms with Gasteiger partial charge < -0.3 is 4.98 Å². The SMILES string of the molecule is Cc1c[nH]c2c(S(=O)(=O)Cl)cccc12. The van der Waals surface area contributed by atoms with Gasteiger partial charge in [0.25, 0.3) is 9.05 Å². The number of H-pyrrole nitrogens is 1. The molecule has 0 spiro atoms. The molecule has 0 fully saturated rings. The fourth-order valence-electron chi connectivity index (χ4n) is 1.47. The second kappa shape index (κ2) is 3.00. The van der Waals surface area contributed by atoms with Crippen molar-refractivity contribution in [3.05, 3.63) is 30.0 Å². The molecule has 0 aliphatic rings. The minimum atomic E-state index is -3.68. The second-order valence-corrected chi connectivity index (χ2v) is 5.62. The van der Waals surface area contributed by atoms with Crippen LogP contribution in [0.4, 0.5) is 0 Å². The van der Waals surface area contributed by atoms with Gasteiger partial charge >= 0.3 is 0 Å². The number of para-hydroxylation sites is 1. The summed E-state index contributed by atoms with van der Waals surface area (Å²) in [6, 6.07) is 5.02. The first kappa shape index (κ1) is 9.55. The van der Waals surface area contributed by atoms with E-state index in [1.807, 2.05) is 13.0 Å². The summed E-state index contributed by atoms with van der Waals surface area (Å²) in [5, 5.41) is 0.881. The number of hydrogen-bond donors (Lipinski definition) is 1. The molecule has 0 aliphatic carbocycles. The highest BCUT2D eigenvalue weighted by molar-refractivity contribution is 8.14. The van der Waals surface area contributed by atoms with E-state index in [2.05, 4.69) is 4.98 Å². The fraction of sp³-hybridized carbons (Fsp3) is 0.111. The Kier molecular flexibility index (Phi) is 2.05. The first-order valence-corrected chi connectivity index (χ1v) is 6.32. The molecule has 2 aromatic rings. The minimum Gasteiger partial charge on any atom is -0.360 e. The van der Waals surface area contributed by atoms with Gasteiger partial charge in [0.05, 0.1) is 5.52 Å².